The Morgan fingerprint density at radius 1 is 0.641 bits per heavy atom. The first-order valence-electron chi connectivity index (χ1n) is 22.4. The van der Waals surface area contributed by atoms with Gasteiger partial charge in [-0.15, -0.1) is 0 Å². The van der Waals surface area contributed by atoms with Gasteiger partial charge in [-0.25, -0.2) is 14.8 Å². The van der Waals surface area contributed by atoms with Crippen LogP contribution in [0.15, 0.2) is 97.6 Å². The van der Waals surface area contributed by atoms with E-state index in [1.807, 2.05) is 54.7 Å². The van der Waals surface area contributed by atoms with E-state index in [9.17, 15) is 24.6 Å². The Morgan fingerprint density at radius 3 is 1.73 bits per heavy atom. The molecule has 2 aliphatic heterocycles. The van der Waals surface area contributed by atoms with E-state index in [1.54, 1.807) is 47.4 Å². The number of amides is 3. The molecular weight excluding hydrogens is 815 g/mol. The minimum absolute atomic E-state index is 0.0552. The van der Waals surface area contributed by atoms with Crippen LogP contribution in [-0.4, -0.2) is 115 Å². The zero-order valence-corrected chi connectivity index (χ0v) is 36.0. The summed E-state index contributed by atoms with van der Waals surface area (Å²) in [5, 5.41) is 29.8. The van der Waals surface area contributed by atoms with Crippen LogP contribution in [0.4, 0.5) is 16.4 Å². The Morgan fingerprint density at radius 2 is 1.17 bits per heavy atom. The molecule has 1 saturated carbocycles. The molecule has 4 aromatic heterocycles. The number of carbonyl (C=O) groups is 3. The van der Waals surface area contributed by atoms with Crippen molar-refractivity contribution in [2.45, 2.75) is 82.5 Å². The first kappa shape index (κ1) is 44.3. The molecule has 3 fully saturated rings. The van der Waals surface area contributed by atoms with Crippen LogP contribution in [0, 0.1) is 0 Å². The average Bonchev–Trinajstić information content (AvgIpc) is 3.80. The van der Waals surface area contributed by atoms with Crippen LogP contribution in [0.1, 0.15) is 64.2 Å². The van der Waals surface area contributed by atoms with Gasteiger partial charge in [-0.3, -0.25) is 14.2 Å². The normalized spacial score (nSPS) is 16.2. The van der Waals surface area contributed by atoms with Crippen molar-refractivity contribution < 1.29 is 34.1 Å². The lowest BCUT2D eigenvalue weighted by molar-refractivity contribution is -0.117. The third-order valence-electron chi connectivity index (χ3n) is 11.6. The fraction of sp³-hybridized carbons (Fsp3) is 0.396. The third-order valence-corrected chi connectivity index (χ3v) is 11.6. The van der Waals surface area contributed by atoms with Crippen molar-refractivity contribution in [3.05, 3.63) is 97.6 Å². The molecule has 6 N–H and O–H groups in total. The van der Waals surface area contributed by atoms with E-state index in [-0.39, 0.29) is 30.1 Å². The summed E-state index contributed by atoms with van der Waals surface area (Å²) in [6, 6.07) is 22.4. The van der Waals surface area contributed by atoms with Gasteiger partial charge in [-0.1, -0.05) is 0 Å². The molecule has 0 spiro atoms. The van der Waals surface area contributed by atoms with Gasteiger partial charge < -0.3 is 50.4 Å². The maximum absolute atomic E-state index is 12.4. The maximum atomic E-state index is 12.4. The molecule has 1 aliphatic carbocycles. The van der Waals surface area contributed by atoms with Gasteiger partial charge in [0.15, 0.2) is 0 Å². The highest BCUT2D eigenvalue weighted by atomic mass is 16.5. The fourth-order valence-electron chi connectivity index (χ4n) is 7.91. The molecule has 3 aliphatic rings. The smallest absolute Gasteiger partial charge is 0.326 e. The summed E-state index contributed by atoms with van der Waals surface area (Å²) in [7, 11) is 0. The monoisotopic (exact) mass is 871 g/mol. The molecule has 64 heavy (non-hydrogen) atoms. The Bertz CT molecular complexity index is 2500. The number of aliphatic hydroxyl groups excluding tert-OH is 2. The molecule has 0 bridgehead atoms. The van der Waals surface area contributed by atoms with Crippen LogP contribution in [0.25, 0.3) is 21.8 Å². The Balaban J connectivity index is 0.000000178. The molecule has 16 nitrogen and oxygen atoms in total. The lowest BCUT2D eigenvalue weighted by atomic mass is 10.1. The minimum atomic E-state index is -0.184. The fourth-order valence-corrected chi connectivity index (χ4v) is 7.91. The number of pyridine rings is 2. The van der Waals surface area contributed by atoms with Crippen LogP contribution in [-0.2, 0) is 9.59 Å². The van der Waals surface area contributed by atoms with Crippen molar-refractivity contribution in [3.63, 3.8) is 0 Å². The summed E-state index contributed by atoms with van der Waals surface area (Å²) < 4.78 is 13.5. The average molecular weight is 872 g/mol. The highest BCUT2D eigenvalue weighted by molar-refractivity contribution is 5.93. The SMILES string of the molecule is O=C(CCCN1CCC(O)CC1)Nc1cc(Oc2ccc3[nH]ccc3c2)ccn1.O=C(CCCN1CCC(O)CC1)Nc1cc(Oc2ccc3c(ccn3C(=O)NC3CC3)c2)ccn1. The number of ether oxygens (including phenoxy) is 2. The van der Waals surface area contributed by atoms with Crippen LogP contribution >= 0.6 is 0 Å². The first-order chi connectivity index (χ1) is 31.2. The van der Waals surface area contributed by atoms with Crippen LogP contribution < -0.4 is 25.4 Å². The van der Waals surface area contributed by atoms with Gasteiger partial charge in [0.2, 0.25) is 11.8 Å². The van der Waals surface area contributed by atoms with Gasteiger partial charge in [0.1, 0.15) is 34.6 Å². The van der Waals surface area contributed by atoms with Crippen LogP contribution in [0.3, 0.4) is 0 Å². The number of aromatic amines is 1. The zero-order valence-electron chi connectivity index (χ0n) is 36.0. The largest absolute Gasteiger partial charge is 0.457 e. The molecule has 6 heterocycles. The number of piperidine rings is 2. The Hall–Kier alpha value is -6.33. The van der Waals surface area contributed by atoms with Gasteiger partial charge in [-0.05, 0) is 125 Å². The highest BCUT2D eigenvalue weighted by Gasteiger charge is 2.24. The highest BCUT2D eigenvalue weighted by Crippen LogP contribution is 2.29. The van der Waals surface area contributed by atoms with Crippen molar-refractivity contribution in [3.8, 4) is 23.0 Å². The first-order valence-corrected chi connectivity index (χ1v) is 22.4. The summed E-state index contributed by atoms with van der Waals surface area (Å²) >= 11 is 0. The van der Waals surface area contributed by atoms with Gasteiger partial charge in [0, 0.05) is 98.3 Å². The summed E-state index contributed by atoms with van der Waals surface area (Å²) in [6.45, 7) is 5.29. The van der Waals surface area contributed by atoms with Gasteiger partial charge >= 0.3 is 6.03 Å². The van der Waals surface area contributed by atoms with Crippen LogP contribution in [0.2, 0.25) is 0 Å². The number of aromatic nitrogens is 4. The molecule has 0 radical (unpaired) electrons. The number of likely N-dealkylation sites (tertiary alicyclic amines) is 2. The number of carbonyl (C=O) groups excluding carboxylic acids is 3. The standard InChI is InChI=1S/C26H31N5O4.C22H26N4O3/c32-20-9-13-30(14-10-20)12-1-2-25(33)29-24-17-22(7-11-27-24)35-21-5-6-23-18(16-21)8-15-31(23)26(34)28-19-3-4-19;27-17-7-12-26(13-8-17)11-1-2-22(28)25-21-15-19(6-10-24-21)29-18-3-4-20-16(14-18)5-9-23-20/h5-8,11,15-17,19-20,32H,1-4,9-10,12-14H2,(H,28,34)(H,27,29,33);3-6,9-10,14-15,17,23,27H,1-2,7-8,11-13H2,(H,24,25,28). The van der Waals surface area contributed by atoms with E-state index in [4.69, 9.17) is 9.47 Å². The Labute approximate surface area is 372 Å². The van der Waals surface area contributed by atoms with E-state index in [2.05, 4.69) is 40.7 Å². The predicted octanol–water partition coefficient (Wildman–Crippen LogP) is 7.25. The second kappa shape index (κ2) is 21.4. The van der Waals surface area contributed by atoms with Gasteiger partial charge in [-0.2, -0.15) is 0 Å². The Kier molecular flexibility index (Phi) is 14.8. The van der Waals surface area contributed by atoms with Crippen molar-refractivity contribution in [1.82, 2.24) is 34.6 Å². The molecule has 2 aromatic carbocycles. The summed E-state index contributed by atoms with van der Waals surface area (Å²) in [5.74, 6) is 3.33. The number of nitrogens with one attached hydrogen (secondary N) is 4. The lowest BCUT2D eigenvalue weighted by Gasteiger charge is -2.29. The summed E-state index contributed by atoms with van der Waals surface area (Å²) in [4.78, 5) is 53.2. The number of hydrogen-bond acceptors (Lipinski definition) is 11. The number of hydrogen-bond donors (Lipinski definition) is 6. The quantitative estimate of drug-likeness (QED) is 0.0608. The molecule has 336 valence electrons. The lowest BCUT2D eigenvalue weighted by Crippen LogP contribution is -2.36. The third kappa shape index (κ3) is 12.9. The van der Waals surface area contributed by atoms with Crippen molar-refractivity contribution >= 4 is 51.3 Å². The second-order valence-electron chi connectivity index (χ2n) is 16.8. The molecular formula is C48H57N9O7. The van der Waals surface area contributed by atoms with Crippen molar-refractivity contribution in [1.29, 1.82) is 0 Å². The minimum Gasteiger partial charge on any atom is -0.457 e. The van der Waals surface area contributed by atoms with Crippen LogP contribution in [0.5, 0.6) is 23.0 Å². The summed E-state index contributed by atoms with van der Waals surface area (Å²) in [5.41, 5.74) is 1.87. The van der Waals surface area contributed by atoms with Crippen molar-refractivity contribution in [2.24, 2.45) is 0 Å². The number of anilines is 2. The summed E-state index contributed by atoms with van der Waals surface area (Å²) in [6.07, 6.45) is 14.3. The molecule has 2 saturated heterocycles. The molecule has 16 heteroatoms. The molecule has 0 atom stereocenters. The zero-order chi connectivity index (χ0) is 44.3. The maximum Gasteiger partial charge on any atom is 0.326 e. The number of nitrogens with zero attached hydrogens (tertiary/aromatic N) is 5. The molecule has 9 rings (SSSR count). The number of fused-ring (bicyclic) bond motifs is 2. The van der Waals surface area contributed by atoms with Gasteiger partial charge in [0.25, 0.3) is 0 Å². The molecule has 0 unspecified atom stereocenters. The van der Waals surface area contributed by atoms with E-state index in [0.29, 0.717) is 47.8 Å². The van der Waals surface area contributed by atoms with E-state index < -0.39 is 0 Å². The topological polar surface area (TPSA) is 199 Å². The van der Waals surface area contributed by atoms with Gasteiger partial charge in [0.05, 0.1) is 17.7 Å². The van der Waals surface area contributed by atoms with E-state index >= 15 is 0 Å². The van der Waals surface area contributed by atoms with E-state index in [0.717, 1.165) is 118 Å². The number of rotatable bonds is 15. The number of aliphatic hydroxyl groups is 2. The predicted molar refractivity (Wildman–Crippen MR) is 245 cm³/mol. The van der Waals surface area contributed by atoms with E-state index in [1.165, 1.54) is 0 Å². The second-order valence-corrected chi connectivity index (χ2v) is 16.8. The van der Waals surface area contributed by atoms with Crippen molar-refractivity contribution in [2.75, 3.05) is 49.9 Å². The molecule has 3 amide bonds. The molecule has 6 aromatic rings. The number of H-pyrrole nitrogens is 1. The number of benzene rings is 2.